The molecule has 2 aromatic rings. The Morgan fingerprint density at radius 3 is 2.35 bits per heavy atom. The monoisotopic (exact) mass is 269 g/mol. The maximum absolute atomic E-state index is 10.3. The smallest absolute Gasteiger partial charge is 0.122 e. The first-order chi connectivity index (χ1) is 9.29. The third-order valence-electron chi connectivity index (χ3n) is 3.62. The van der Waals surface area contributed by atoms with Crippen LogP contribution in [0.15, 0.2) is 36.4 Å². The topological polar surface area (TPSA) is 46.2 Å². The lowest BCUT2D eigenvalue weighted by atomic mass is 9.83. The first kappa shape index (κ1) is 14.4. The van der Waals surface area contributed by atoms with Crippen LogP contribution in [0.1, 0.15) is 43.0 Å². The highest BCUT2D eigenvalue weighted by atomic mass is 16.3. The number of benzene rings is 2. The first-order valence-electron chi connectivity index (χ1n) is 6.95. The summed E-state index contributed by atoms with van der Waals surface area (Å²) in [6.07, 6.45) is 0.789. The molecule has 0 saturated carbocycles. The zero-order chi connectivity index (χ0) is 14.9. The Labute approximate surface area is 121 Å². The highest BCUT2D eigenvalue weighted by molar-refractivity contribution is 5.51. The van der Waals surface area contributed by atoms with E-state index < -0.39 is 0 Å². The van der Waals surface area contributed by atoms with E-state index in [1.807, 2.05) is 37.3 Å². The standard InChI is InChI=1S/C18H23NO/c1-12-9-13(10-14-7-5-6-8-16(14)19)11-15(17(12)20)18(2,3)4/h5-9,11,20H,10,19H2,1-4H3. The second-order valence-electron chi connectivity index (χ2n) is 6.43. The van der Waals surface area contributed by atoms with E-state index in [9.17, 15) is 5.11 Å². The van der Waals surface area contributed by atoms with E-state index in [4.69, 9.17) is 5.73 Å². The lowest BCUT2D eigenvalue weighted by Gasteiger charge is -2.23. The number of aryl methyl sites for hydroxylation is 1. The van der Waals surface area contributed by atoms with E-state index in [0.29, 0.717) is 5.75 Å². The Morgan fingerprint density at radius 2 is 1.75 bits per heavy atom. The summed E-state index contributed by atoms with van der Waals surface area (Å²) in [6, 6.07) is 12.1. The molecule has 2 nitrogen and oxygen atoms in total. The number of aromatic hydroxyl groups is 1. The molecule has 106 valence electrons. The quantitative estimate of drug-likeness (QED) is 0.804. The second kappa shape index (κ2) is 5.20. The van der Waals surface area contributed by atoms with Crippen molar-refractivity contribution in [2.75, 3.05) is 5.73 Å². The van der Waals surface area contributed by atoms with Crippen LogP contribution in [0.5, 0.6) is 5.75 Å². The minimum atomic E-state index is -0.0763. The van der Waals surface area contributed by atoms with E-state index in [-0.39, 0.29) is 5.41 Å². The number of nitrogen functional groups attached to an aromatic ring is 1. The minimum Gasteiger partial charge on any atom is -0.507 e. The zero-order valence-corrected chi connectivity index (χ0v) is 12.7. The van der Waals surface area contributed by atoms with Crippen molar-refractivity contribution in [2.45, 2.75) is 39.5 Å². The summed E-state index contributed by atoms with van der Waals surface area (Å²) in [6.45, 7) is 8.29. The molecular weight excluding hydrogens is 246 g/mol. The predicted molar refractivity (Wildman–Crippen MR) is 85.2 cm³/mol. The Morgan fingerprint density at radius 1 is 1.10 bits per heavy atom. The molecule has 0 aliphatic carbocycles. The third-order valence-corrected chi connectivity index (χ3v) is 3.62. The highest BCUT2D eigenvalue weighted by Gasteiger charge is 2.20. The summed E-state index contributed by atoms with van der Waals surface area (Å²) in [5.41, 5.74) is 11.0. The molecule has 2 heteroatoms. The van der Waals surface area contributed by atoms with Crippen LogP contribution in [-0.4, -0.2) is 5.11 Å². The molecule has 0 bridgehead atoms. The average Bonchev–Trinajstić information content (AvgIpc) is 2.35. The molecule has 0 radical (unpaired) electrons. The second-order valence-corrected chi connectivity index (χ2v) is 6.43. The van der Waals surface area contributed by atoms with Crippen LogP contribution >= 0.6 is 0 Å². The summed E-state index contributed by atoms with van der Waals surface area (Å²) < 4.78 is 0. The van der Waals surface area contributed by atoms with Crippen LogP contribution in [-0.2, 0) is 11.8 Å². The first-order valence-corrected chi connectivity index (χ1v) is 6.95. The van der Waals surface area contributed by atoms with Gasteiger partial charge < -0.3 is 10.8 Å². The van der Waals surface area contributed by atoms with Crippen LogP contribution in [0.3, 0.4) is 0 Å². The molecule has 3 N–H and O–H groups in total. The lowest BCUT2D eigenvalue weighted by molar-refractivity contribution is 0.442. The molecule has 0 amide bonds. The van der Waals surface area contributed by atoms with Crippen molar-refractivity contribution in [3.8, 4) is 5.75 Å². The van der Waals surface area contributed by atoms with Crippen molar-refractivity contribution in [3.05, 3.63) is 58.7 Å². The van der Waals surface area contributed by atoms with Crippen molar-refractivity contribution in [3.63, 3.8) is 0 Å². The van der Waals surface area contributed by atoms with Gasteiger partial charge in [-0.3, -0.25) is 0 Å². The zero-order valence-electron chi connectivity index (χ0n) is 12.7. The van der Waals surface area contributed by atoms with Gasteiger partial charge in [-0.15, -0.1) is 0 Å². The summed E-state index contributed by atoms with van der Waals surface area (Å²) >= 11 is 0. The van der Waals surface area contributed by atoms with Crippen LogP contribution < -0.4 is 5.73 Å². The molecule has 0 spiro atoms. The number of rotatable bonds is 2. The predicted octanol–water partition coefficient (Wildman–Crippen LogP) is 4.17. The van der Waals surface area contributed by atoms with Crippen LogP contribution in [0, 0.1) is 6.92 Å². The number of anilines is 1. The van der Waals surface area contributed by atoms with Gasteiger partial charge in [-0.2, -0.15) is 0 Å². The Kier molecular flexibility index (Phi) is 3.76. The van der Waals surface area contributed by atoms with Gasteiger partial charge in [0.05, 0.1) is 0 Å². The van der Waals surface area contributed by atoms with Crippen molar-refractivity contribution >= 4 is 5.69 Å². The third kappa shape index (κ3) is 2.96. The largest absolute Gasteiger partial charge is 0.507 e. The van der Waals surface area contributed by atoms with E-state index in [1.165, 1.54) is 5.56 Å². The van der Waals surface area contributed by atoms with Gasteiger partial charge in [-0.25, -0.2) is 0 Å². The molecule has 0 fully saturated rings. The van der Waals surface area contributed by atoms with E-state index in [2.05, 4.69) is 26.8 Å². The van der Waals surface area contributed by atoms with Crippen LogP contribution in [0.2, 0.25) is 0 Å². The number of para-hydroxylation sites is 1. The van der Waals surface area contributed by atoms with Gasteiger partial charge in [-0.1, -0.05) is 51.1 Å². The highest BCUT2D eigenvalue weighted by Crippen LogP contribution is 2.34. The summed E-state index contributed by atoms with van der Waals surface area (Å²) in [5, 5.41) is 10.3. The van der Waals surface area contributed by atoms with Gasteiger partial charge in [-0.05, 0) is 47.1 Å². The van der Waals surface area contributed by atoms with Gasteiger partial charge in [0, 0.05) is 5.69 Å². The number of hydrogen-bond donors (Lipinski definition) is 2. The molecule has 0 saturated heterocycles. The maximum Gasteiger partial charge on any atom is 0.122 e. The lowest BCUT2D eigenvalue weighted by Crippen LogP contribution is -2.12. The number of hydrogen-bond acceptors (Lipinski definition) is 2. The Balaban J connectivity index is 2.44. The van der Waals surface area contributed by atoms with E-state index in [1.54, 1.807) is 0 Å². The van der Waals surface area contributed by atoms with Crippen molar-refractivity contribution in [2.24, 2.45) is 0 Å². The molecule has 0 aromatic heterocycles. The van der Waals surface area contributed by atoms with Crippen LogP contribution in [0.4, 0.5) is 5.69 Å². The molecule has 20 heavy (non-hydrogen) atoms. The summed E-state index contributed by atoms with van der Waals surface area (Å²) in [5.74, 6) is 0.405. The Bertz CT molecular complexity index is 624. The van der Waals surface area contributed by atoms with Crippen LogP contribution in [0.25, 0.3) is 0 Å². The van der Waals surface area contributed by atoms with Gasteiger partial charge in [0.15, 0.2) is 0 Å². The molecule has 0 aliphatic rings. The van der Waals surface area contributed by atoms with Gasteiger partial charge in [0.1, 0.15) is 5.75 Å². The fourth-order valence-corrected chi connectivity index (χ4v) is 2.44. The maximum atomic E-state index is 10.3. The molecule has 2 aromatic carbocycles. The van der Waals surface area contributed by atoms with Gasteiger partial charge in [0.25, 0.3) is 0 Å². The Hall–Kier alpha value is -1.96. The van der Waals surface area contributed by atoms with Crippen molar-refractivity contribution < 1.29 is 5.11 Å². The SMILES string of the molecule is Cc1cc(Cc2ccccc2N)cc(C(C)(C)C)c1O. The van der Waals surface area contributed by atoms with E-state index >= 15 is 0 Å². The minimum absolute atomic E-state index is 0.0763. The molecular formula is C18H23NO. The molecule has 0 aliphatic heterocycles. The van der Waals surface area contributed by atoms with Crippen molar-refractivity contribution in [1.29, 1.82) is 0 Å². The fraction of sp³-hybridized carbons (Fsp3) is 0.333. The molecule has 0 unspecified atom stereocenters. The van der Waals surface area contributed by atoms with Crippen molar-refractivity contribution in [1.82, 2.24) is 0 Å². The summed E-state index contributed by atoms with van der Waals surface area (Å²) in [7, 11) is 0. The normalized spacial score (nSPS) is 11.6. The number of phenols is 1. The van der Waals surface area contributed by atoms with E-state index in [0.717, 1.165) is 28.8 Å². The summed E-state index contributed by atoms with van der Waals surface area (Å²) in [4.78, 5) is 0. The number of phenolic OH excluding ortho intramolecular Hbond substituents is 1. The molecule has 0 heterocycles. The average molecular weight is 269 g/mol. The fourth-order valence-electron chi connectivity index (χ4n) is 2.44. The molecule has 0 atom stereocenters. The number of nitrogens with two attached hydrogens (primary N) is 1. The molecule has 2 rings (SSSR count). The van der Waals surface area contributed by atoms with Gasteiger partial charge in [0.2, 0.25) is 0 Å². The van der Waals surface area contributed by atoms with Gasteiger partial charge >= 0.3 is 0 Å².